The van der Waals surface area contributed by atoms with Crippen LogP contribution in [0.15, 0.2) is 12.3 Å². The third-order valence-electron chi connectivity index (χ3n) is 3.17. The minimum absolute atomic E-state index is 0.0219. The molecule has 0 fully saturated rings. The Labute approximate surface area is 140 Å². The van der Waals surface area contributed by atoms with Gasteiger partial charge in [-0.1, -0.05) is 41.0 Å². The SMILES string of the molecule is CC.CC.CCCCOc1cnc2c(c1)CCC(=O)N2CCO. The molecule has 5 heteroatoms. The monoisotopic (exact) mass is 324 g/mol. The van der Waals surface area contributed by atoms with Gasteiger partial charge in [0.15, 0.2) is 0 Å². The molecule has 0 bridgehead atoms. The lowest BCUT2D eigenvalue weighted by atomic mass is 10.1. The van der Waals surface area contributed by atoms with Gasteiger partial charge in [0, 0.05) is 6.42 Å². The Kier molecular flexibility index (Phi) is 12.0. The summed E-state index contributed by atoms with van der Waals surface area (Å²) in [4.78, 5) is 17.7. The molecule has 5 nitrogen and oxygen atoms in total. The molecule has 0 saturated carbocycles. The molecule has 1 amide bonds. The molecule has 0 atom stereocenters. The van der Waals surface area contributed by atoms with Gasteiger partial charge in [-0.25, -0.2) is 4.98 Å². The van der Waals surface area contributed by atoms with E-state index in [4.69, 9.17) is 9.84 Å². The summed E-state index contributed by atoms with van der Waals surface area (Å²) in [6.07, 6.45) is 4.92. The number of aryl methyl sites for hydroxylation is 1. The third-order valence-corrected chi connectivity index (χ3v) is 3.17. The fourth-order valence-electron chi connectivity index (χ4n) is 2.15. The predicted molar refractivity (Wildman–Crippen MR) is 95.1 cm³/mol. The van der Waals surface area contributed by atoms with E-state index in [1.807, 2.05) is 33.8 Å². The first-order valence-corrected chi connectivity index (χ1v) is 8.79. The highest BCUT2D eigenvalue weighted by atomic mass is 16.5. The van der Waals surface area contributed by atoms with Crippen molar-refractivity contribution in [3.8, 4) is 5.75 Å². The maximum Gasteiger partial charge on any atom is 0.228 e. The fourth-order valence-corrected chi connectivity index (χ4v) is 2.15. The van der Waals surface area contributed by atoms with E-state index in [-0.39, 0.29) is 12.5 Å². The smallest absolute Gasteiger partial charge is 0.228 e. The number of β-amino-alcohol motifs (C(OH)–C–C–N with tert-alkyl or cyclic N) is 1. The largest absolute Gasteiger partial charge is 0.492 e. The first kappa shape index (κ1) is 21.4. The van der Waals surface area contributed by atoms with Gasteiger partial charge in [0.25, 0.3) is 0 Å². The predicted octanol–water partition coefficient (Wildman–Crippen LogP) is 3.58. The summed E-state index contributed by atoms with van der Waals surface area (Å²) in [5, 5.41) is 9.01. The van der Waals surface area contributed by atoms with E-state index >= 15 is 0 Å². The molecule has 0 radical (unpaired) electrons. The van der Waals surface area contributed by atoms with Crippen molar-refractivity contribution in [2.45, 2.75) is 60.3 Å². The average molecular weight is 324 g/mol. The molecule has 132 valence electrons. The minimum atomic E-state index is -0.0540. The Bertz CT molecular complexity index is 450. The zero-order valence-electron chi connectivity index (χ0n) is 15.3. The van der Waals surface area contributed by atoms with Gasteiger partial charge in [0.1, 0.15) is 11.6 Å². The normalized spacial score (nSPS) is 12.4. The standard InChI is InChI=1S/C14H20N2O3.2C2H6/c1-2-3-8-19-12-9-11-4-5-13(18)16(6-7-17)14(11)15-10-12;2*1-2/h9-10,17H,2-8H2,1H3;2*1-2H3. The number of hydrogen-bond donors (Lipinski definition) is 1. The molecular weight excluding hydrogens is 292 g/mol. The van der Waals surface area contributed by atoms with Crippen LogP contribution < -0.4 is 9.64 Å². The van der Waals surface area contributed by atoms with Crippen molar-refractivity contribution >= 4 is 11.7 Å². The quantitative estimate of drug-likeness (QED) is 0.812. The number of hydrogen-bond acceptors (Lipinski definition) is 4. The number of pyridine rings is 1. The summed E-state index contributed by atoms with van der Waals surface area (Å²) in [5.74, 6) is 1.44. The molecule has 0 aromatic carbocycles. The van der Waals surface area contributed by atoms with Gasteiger partial charge in [-0.3, -0.25) is 9.69 Å². The number of amides is 1. The first-order chi connectivity index (χ1) is 11.3. The molecule has 1 aromatic rings. The highest BCUT2D eigenvalue weighted by Gasteiger charge is 2.25. The summed E-state index contributed by atoms with van der Waals surface area (Å²) in [5.41, 5.74) is 1.02. The number of aliphatic hydroxyl groups is 1. The van der Waals surface area contributed by atoms with E-state index in [1.165, 1.54) is 0 Å². The molecule has 1 aliphatic heterocycles. The van der Waals surface area contributed by atoms with Crippen LogP contribution in [0.4, 0.5) is 5.82 Å². The van der Waals surface area contributed by atoms with Crippen LogP contribution in [0.5, 0.6) is 5.75 Å². The Morgan fingerprint density at radius 2 is 1.96 bits per heavy atom. The number of aromatic nitrogens is 1. The summed E-state index contributed by atoms with van der Waals surface area (Å²) in [6.45, 7) is 11.1. The number of rotatable bonds is 6. The number of ether oxygens (including phenoxy) is 1. The van der Waals surface area contributed by atoms with E-state index in [1.54, 1.807) is 11.1 Å². The maximum atomic E-state index is 11.8. The van der Waals surface area contributed by atoms with Crippen molar-refractivity contribution in [2.75, 3.05) is 24.7 Å². The Hall–Kier alpha value is -1.62. The Morgan fingerprint density at radius 1 is 1.26 bits per heavy atom. The van der Waals surface area contributed by atoms with Gasteiger partial charge >= 0.3 is 0 Å². The molecule has 1 aliphatic rings. The molecule has 0 spiro atoms. The summed E-state index contributed by atoms with van der Waals surface area (Å²) in [6, 6.07) is 1.95. The highest BCUT2D eigenvalue weighted by Crippen LogP contribution is 2.28. The van der Waals surface area contributed by atoms with Gasteiger partial charge in [0.2, 0.25) is 5.91 Å². The summed E-state index contributed by atoms with van der Waals surface area (Å²) >= 11 is 0. The van der Waals surface area contributed by atoms with E-state index in [0.29, 0.717) is 31.8 Å². The van der Waals surface area contributed by atoms with Gasteiger partial charge in [0.05, 0.1) is 26.0 Å². The van der Waals surface area contributed by atoms with E-state index in [9.17, 15) is 4.79 Å². The fraction of sp³-hybridized carbons (Fsp3) is 0.667. The van der Waals surface area contributed by atoms with Crippen molar-refractivity contribution in [1.82, 2.24) is 4.98 Å². The Balaban J connectivity index is 0.00000112. The number of carbonyl (C=O) groups excluding carboxylic acids is 1. The van der Waals surface area contributed by atoms with Crippen molar-refractivity contribution in [3.63, 3.8) is 0 Å². The van der Waals surface area contributed by atoms with Gasteiger partial charge in [-0.05, 0) is 24.5 Å². The summed E-state index contributed by atoms with van der Waals surface area (Å²) < 4.78 is 5.62. The van der Waals surface area contributed by atoms with E-state index in [2.05, 4.69) is 11.9 Å². The minimum Gasteiger partial charge on any atom is -0.492 e. The number of anilines is 1. The van der Waals surface area contributed by atoms with Crippen LogP contribution in [0.3, 0.4) is 0 Å². The maximum absolute atomic E-state index is 11.8. The molecule has 0 saturated heterocycles. The van der Waals surface area contributed by atoms with Crippen LogP contribution in [0.25, 0.3) is 0 Å². The van der Waals surface area contributed by atoms with Crippen LogP contribution in [-0.4, -0.2) is 35.8 Å². The Morgan fingerprint density at radius 3 is 2.57 bits per heavy atom. The molecule has 1 aromatic heterocycles. The molecule has 0 aliphatic carbocycles. The zero-order chi connectivity index (χ0) is 17.7. The van der Waals surface area contributed by atoms with Gasteiger partial charge < -0.3 is 9.84 Å². The summed E-state index contributed by atoms with van der Waals surface area (Å²) in [7, 11) is 0. The number of aliphatic hydroxyl groups excluding tert-OH is 1. The topological polar surface area (TPSA) is 62.7 Å². The van der Waals surface area contributed by atoms with Crippen molar-refractivity contribution in [1.29, 1.82) is 0 Å². The van der Waals surface area contributed by atoms with E-state index in [0.717, 1.165) is 24.2 Å². The lowest BCUT2D eigenvalue weighted by Crippen LogP contribution is -2.37. The number of fused-ring (bicyclic) bond motifs is 1. The van der Waals surface area contributed by atoms with Crippen molar-refractivity contribution < 1.29 is 14.6 Å². The van der Waals surface area contributed by atoms with Crippen molar-refractivity contribution in [2.24, 2.45) is 0 Å². The average Bonchev–Trinajstić information content (AvgIpc) is 2.61. The van der Waals surface area contributed by atoms with E-state index < -0.39 is 0 Å². The molecule has 2 heterocycles. The zero-order valence-corrected chi connectivity index (χ0v) is 15.3. The van der Waals surface area contributed by atoms with Crippen molar-refractivity contribution in [3.05, 3.63) is 17.8 Å². The third kappa shape index (κ3) is 6.57. The second kappa shape index (κ2) is 12.9. The first-order valence-electron chi connectivity index (χ1n) is 8.79. The van der Waals surface area contributed by atoms with Crippen LogP contribution >= 0.6 is 0 Å². The molecule has 0 unspecified atom stereocenters. The van der Waals surface area contributed by atoms with Crippen LogP contribution in [0, 0.1) is 0 Å². The lowest BCUT2D eigenvalue weighted by Gasteiger charge is -2.27. The molecule has 23 heavy (non-hydrogen) atoms. The van der Waals surface area contributed by atoms with Gasteiger partial charge in [-0.15, -0.1) is 0 Å². The lowest BCUT2D eigenvalue weighted by molar-refractivity contribution is -0.119. The van der Waals surface area contributed by atoms with Crippen LogP contribution in [-0.2, 0) is 11.2 Å². The van der Waals surface area contributed by atoms with Gasteiger partial charge in [-0.2, -0.15) is 0 Å². The number of carbonyl (C=O) groups is 1. The second-order valence-electron chi connectivity index (χ2n) is 4.62. The molecular formula is C18H32N2O3. The number of nitrogens with zero attached hydrogens (tertiary/aromatic N) is 2. The molecule has 1 N–H and O–H groups in total. The number of unbranched alkanes of at least 4 members (excludes halogenated alkanes) is 1. The second-order valence-corrected chi connectivity index (χ2v) is 4.62. The highest BCUT2D eigenvalue weighted by molar-refractivity contribution is 5.95. The van der Waals surface area contributed by atoms with Crippen LogP contribution in [0.1, 0.15) is 59.4 Å². The van der Waals surface area contributed by atoms with Crippen LogP contribution in [0.2, 0.25) is 0 Å². The molecule has 2 rings (SSSR count).